The number of aryl methyl sites for hydroxylation is 1. The second kappa shape index (κ2) is 6.12. The Kier molecular flexibility index (Phi) is 4.79. The Hall–Kier alpha value is -1.55. The van der Waals surface area contributed by atoms with Crippen molar-refractivity contribution in [3.05, 3.63) is 29.3 Å². The quantitative estimate of drug-likeness (QED) is 0.753. The highest BCUT2D eigenvalue weighted by atomic mass is 16.7. The summed E-state index contributed by atoms with van der Waals surface area (Å²) in [5.74, 6) is -0.367. The van der Waals surface area contributed by atoms with Crippen molar-refractivity contribution in [2.45, 2.75) is 19.8 Å². The molecule has 88 valence electrons. The van der Waals surface area contributed by atoms with Crippen molar-refractivity contribution in [3.63, 3.8) is 0 Å². The number of carboxylic acid groups (broad SMARTS) is 1. The molecule has 1 aromatic rings. The molecule has 0 radical (unpaired) electrons. The Morgan fingerprint density at radius 2 is 2.19 bits per heavy atom. The standard InChI is InChI=1S/C12H16O4/c1-3-4-9-5-6-10(12(13)14)7-11(9)16-8-15-2/h5-7H,3-4,8H2,1-2H3,(H,13,14). The van der Waals surface area contributed by atoms with E-state index in [0.29, 0.717) is 5.75 Å². The van der Waals surface area contributed by atoms with E-state index in [9.17, 15) is 4.79 Å². The van der Waals surface area contributed by atoms with E-state index in [1.807, 2.05) is 0 Å². The first-order valence-electron chi connectivity index (χ1n) is 5.17. The van der Waals surface area contributed by atoms with E-state index in [0.717, 1.165) is 18.4 Å². The zero-order valence-electron chi connectivity index (χ0n) is 9.53. The third kappa shape index (κ3) is 3.24. The minimum atomic E-state index is -0.953. The zero-order chi connectivity index (χ0) is 12.0. The lowest BCUT2D eigenvalue weighted by atomic mass is 10.1. The summed E-state index contributed by atoms with van der Waals surface area (Å²) in [6.45, 7) is 2.19. The zero-order valence-corrected chi connectivity index (χ0v) is 9.53. The Morgan fingerprint density at radius 1 is 1.44 bits per heavy atom. The lowest BCUT2D eigenvalue weighted by molar-refractivity contribution is 0.0500. The van der Waals surface area contributed by atoms with Crippen molar-refractivity contribution in [3.8, 4) is 5.75 Å². The number of rotatable bonds is 6. The molecule has 0 fully saturated rings. The average molecular weight is 224 g/mol. The van der Waals surface area contributed by atoms with Crippen LogP contribution >= 0.6 is 0 Å². The highest BCUT2D eigenvalue weighted by Gasteiger charge is 2.08. The molecule has 0 aliphatic heterocycles. The van der Waals surface area contributed by atoms with Crippen LogP contribution in [0.1, 0.15) is 29.3 Å². The molecule has 0 heterocycles. The van der Waals surface area contributed by atoms with Gasteiger partial charge in [-0.1, -0.05) is 19.4 Å². The Morgan fingerprint density at radius 3 is 2.75 bits per heavy atom. The monoisotopic (exact) mass is 224 g/mol. The summed E-state index contributed by atoms with van der Waals surface area (Å²) in [5.41, 5.74) is 1.23. The van der Waals surface area contributed by atoms with E-state index in [4.69, 9.17) is 14.6 Å². The molecular formula is C12H16O4. The fraction of sp³-hybridized carbons (Fsp3) is 0.417. The molecule has 1 N–H and O–H groups in total. The van der Waals surface area contributed by atoms with Crippen LogP contribution in [0.5, 0.6) is 5.75 Å². The van der Waals surface area contributed by atoms with Gasteiger partial charge in [0, 0.05) is 7.11 Å². The maximum Gasteiger partial charge on any atom is 0.335 e. The van der Waals surface area contributed by atoms with Crippen LogP contribution < -0.4 is 4.74 Å². The summed E-state index contributed by atoms with van der Waals surface area (Å²) in [5, 5.41) is 8.87. The van der Waals surface area contributed by atoms with Gasteiger partial charge in [-0.2, -0.15) is 0 Å². The van der Waals surface area contributed by atoms with Crippen LogP contribution in [-0.4, -0.2) is 25.0 Å². The van der Waals surface area contributed by atoms with Gasteiger partial charge in [-0.25, -0.2) is 4.79 Å². The van der Waals surface area contributed by atoms with Gasteiger partial charge in [0.05, 0.1) is 5.56 Å². The van der Waals surface area contributed by atoms with Gasteiger partial charge in [-0.05, 0) is 24.1 Å². The van der Waals surface area contributed by atoms with E-state index < -0.39 is 5.97 Å². The molecule has 4 nitrogen and oxygen atoms in total. The summed E-state index contributed by atoms with van der Waals surface area (Å²) >= 11 is 0. The first-order chi connectivity index (χ1) is 7.69. The smallest absolute Gasteiger partial charge is 0.335 e. The molecule has 16 heavy (non-hydrogen) atoms. The van der Waals surface area contributed by atoms with E-state index in [-0.39, 0.29) is 12.4 Å². The number of benzene rings is 1. The van der Waals surface area contributed by atoms with Gasteiger partial charge in [0.2, 0.25) is 0 Å². The van der Waals surface area contributed by atoms with Crippen LogP contribution in [0.4, 0.5) is 0 Å². The number of carbonyl (C=O) groups is 1. The summed E-state index contributed by atoms with van der Waals surface area (Å²) < 4.78 is 10.2. The second-order valence-corrected chi connectivity index (χ2v) is 3.43. The van der Waals surface area contributed by atoms with E-state index in [1.165, 1.54) is 13.2 Å². The first-order valence-corrected chi connectivity index (χ1v) is 5.17. The van der Waals surface area contributed by atoms with Gasteiger partial charge in [0.1, 0.15) is 5.75 Å². The van der Waals surface area contributed by atoms with E-state index in [2.05, 4.69) is 6.92 Å². The summed E-state index contributed by atoms with van der Waals surface area (Å²) in [4.78, 5) is 10.8. The first kappa shape index (κ1) is 12.5. The molecule has 1 rings (SSSR count). The molecule has 0 aromatic heterocycles. The largest absolute Gasteiger partial charge is 0.478 e. The molecule has 4 heteroatoms. The topological polar surface area (TPSA) is 55.8 Å². The molecule has 1 aromatic carbocycles. The molecule has 0 unspecified atom stereocenters. The fourth-order valence-corrected chi connectivity index (χ4v) is 1.42. The predicted octanol–water partition coefficient (Wildman–Crippen LogP) is 2.32. The van der Waals surface area contributed by atoms with Crippen molar-refractivity contribution >= 4 is 5.97 Å². The Bertz CT molecular complexity index is 360. The van der Waals surface area contributed by atoms with Gasteiger partial charge in [0.15, 0.2) is 6.79 Å². The molecule has 0 spiro atoms. The molecule has 0 aliphatic carbocycles. The minimum Gasteiger partial charge on any atom is -0.478 e. The maximum atomic E-state index is 10.8. The maximum absolute atomic E-state index is 10.8. The minimum absolute atomic E-state index is 0.125. The Balaban J connectivity index is 2.95. The number of ether oxygens (including phenoxy) is 2. The molecule has 0 amide bonds. The lowest BCUT2D eigenvalue weighted by Gasteiger charge is -2.10. The summed E-state index contributed by atoms with van der Waals surface area (Å²) in [7, 11) is 1.53. The van der Waals surface area contributed by atoms with Crippen LogP contribution in [0.2, 0.25) is 0 Å². The highest BCUT2D eigenvalue weighted by molar-refractivity contribution is 5.88. The lowest BCUT2D eigenvalue weighted by Crippen LogP contribution is -2.04. The van der Waals surface area contributed by atoms with Crippen LogP contribution in [0.15, 0.2) is 18.2 Å². The predicted molar refractivity (Wildman–Crippen MR) is 59.9 cm³/mol. The molecule has 0 aliphatic rings. The van der Waals surface area contributed by atoms with E-state index in [1.54, 1.807) is 12.1 Å². The van der Waals surface area contributed by atoms with Crippen molar-refractivity contribution in [1.29, 1.82) is 0 Å². The van der Waals surface area contributed by atoms with Crippen LogP contribution in [-0.2, 0) is 11.2 Å². The SMILES string of the molecule is CCCc1ccc(C(=O)O)cc1OCOC. The third-order valence-corrected chi connectivity index (χ3v) is 2.17. The normalized spacial score (nSPS) is 10.1. The molecule has 0 atom stereocenters. The average Bonchev–Trinajstić information content (AvgIpc) is 2.27. The number of hydrogen-bond donors (Lipinski definition) is 1. The summed E-state index contributed by atoms with van der Waals surface area (Å²) in [6.07, 6.45) is 1.84. The summed E-state index contributed by atoms with van der Waals surface area (Å²) in [6, 6.07) is 4.91. The second-order valence-electron chi connectivity index (χ2n) is 3.43. The molecule has 0 saturated carbocycles. The van der Waals surface area contributed by atoms with Crippen molar-refractivity contribution in [2.24, 2.45) is 0 Å². The number of aromatic carboxylic acids is 1. The Labute approximate surface area is 94.8 Å². The number of methoxy groups -OCH3 is 1. The van der Waals surface area contributed by atoms with Gasteiger partial charge in [-0.3, -0.25) is 0 Å². The van der Waals surface area contributed by atoms with Gasteiger partial charge >= 0.3 is 5.97 Å². The number of carboxylic acids is 1. The molecule has 0 saturated heterocycles. The number of hydrogen-bond acceptors (Lipinski definition) is 3. The van der Waals surface area contributed by atoms with Gasteiger partial charge < -0.3 is 14.6 Å². The van der Waals surface area contributed by atoms with Crippen LogP contribution in [0.3, 0.4) is 0 Å². The molecule has 0 bridgehead atoms. The van der Waals surface area contributed by atoms with Crippen LogP contribution in [0.25, 0.3) is 0 Å². The van der Waals surface area contributed by atoms with Gasteiger partial charge in [-0.15, -0.1) is 0 Å². The third-order valence-electron chi connectivity index (χ3n) is 2.17. The van der Waals surface area contributed by atoms with Crippen molar-refractivity contribution in [1.82, 2.24) is 0 Å². The van der Waals surface area contributed by atoms with Crippen LogP contribution in [0, 0.1) is 0 Å². The highest BCUT2D eigenvalue weighted by Crippen LogP contribution is 2.22. The fourth-order valence-electron chi connectivity index (χ4n) is 1.42. The van der Waals surface area contributed by atoms with Crippen molar-refractivity contribution < 1.29 is 19.4 Å². The van der Waals surface area contributed by atoms with Crippen molar-refractivity contribution in [2.75, 3.05) is 13.9 Å². The molecular weight excluding hydrogens is 208 g/mol. The van der Waals surface area contributed by atoms with E-state index >= 15 is 0 Å². The van der Waals surface area contributed by atoms with Gasteiger partial charge in [0.25, 0.3) is 0 Å².